The third-order valence-corrected chi connectivity index (χ3v) is 7.31. The van der Waals surface area contributed by atoms with Crippen molar-refractivity contribution < 1.29 is 9.59 Å². The minimum Gasteiger partial charge on any atom is -0.357 e. The van der Waals surface area contributed by atoms with E-state index in [9.17, 15) is 9.59 Å². The van der Waals surface area contributed by atoms with Gasteiger partial charge in [0.25, 0.3) is 0 Å². The van der Waals surface area contributed by atoms with Crippen LogP contribution in [0.25, 0.3) is 0 Å². The van der Waals surface area contributed by atoms with Crippen LogP contribution in [0.15, 0.2) is 53.0 Å². The van der Waals surface area contributed by atoms with E-state index in [1.807, 2.05) is 29.6 Å². The van der Waals surface area contributed by atoms with Gasteiger partial charge < -0.3 is 15.5 Å². The van der Waals surface area contributed by atoms with E-state index in [1.54, 1.807) is 11.3 Å². The van der Waals surface area contributed by atoms with Gasteiger partial charge >= 0.3 is 0 Å². The zero-order chi connectivity index (χ0) is 20.5. The van der Waals surface area contributed by atoms with E-state index in [0.29, 0.717) is 6.42 Å². The molecule has 0 bridgehead atoms. The van der Waals surface area contributed by atoms with E-state index in [2.05, 4.69) is 27.7 Å². The van der Waals surface area contributed by atoms with Crippen LogP contribution in [0.3, 0.4) is 0 Å². The first kappa shape index (κ1) is 19.4. The maximum Gasteiger partial charge on any atom is 0.239 e. The van der Waals surface area contributed by atoms with Gasteiger partial charge in [0.2, 0.25) is 5.91 Å². The van der Waals surface area contributed by atoms with Crippen molar-refractivity contribution in [2.24, 2.45) is 0 Å². The van der Waals surface area contributed by atoms with Crippen LogP contribution in [0.4, 0.5) is 11.4 Å². The highest BCUT2D eigenvalue weighted by molar-refractivity contribution is 7.10. The molecule has 1 aromatic carbocycles. The Morgan fingerprint density at radius 3 is 2.73 bits per heavy atom. The highest BCUT2D eigenvalue weighted by Gasteiger charge is 2.38. The second kappa shape index (κ2) is 8.26. The normalized spacial score (nSPS) is 21.7. The number of hydrogen-bond acceptors (Lipinski definition) is 5. The molecule has 5 nitrogen and oxygen atoms in total. The van der Waals surface area contributed by atoms with Gasteiger partial charge in [-0.3, -0.25) is 9.59 Å². The van der Waals surface area contributed by atoms with Gasteiger partial charge in [-0.25, -0.2) is 0 Å². The minimum atomic E-state index is -0.238. The van der Waals surface area contributed by atoms with Crippen LogP contribution < -0.4 is 15.5 Å². The van der Waals surface area contributed by atoms with Gasteiger partial charge in [-0.2, -0.15) is 0 Å². The Bertz CT molecular complexity index is 976. The molecule has 1 aromatic heterocycles. The fourth-order valence-electron chi connectivity index (χ4n) is 5.02. The molecule has 0 unspecified atom stereocenters. The molecule has 1 atom stereocenters. The number of rotatable bonds is 4. The molecule has 2 heterocycles. The maximum absolute atomic E-state index is 13.1. The molecule has 156 valence electrons. The molecule has 2 N–H and O–H groups in total. The molecule has 30 heavy (non-hydrogen) atoms. The zero-order valence-electron chi connectivity index (χ0n) is 17.0. The summed E-state index contributed by atoms with van der Waals surface area (Å²) in [4.78, 5) is 29.4. The molecule has 6 heteroatoms. The topological polar surface area (TPSA) is 61.4 Å². The van der Waals surface area contributed by atoms with Gasteiger partial charge in [0.15, 0.2) is 5.78 Å². The first-order valence-corrected chi connectivity index (χ1v) is 11.8. The predicted molar refractivity (Wildman–Crippen MR) is 121 cm³/mol. The Kier molecular flexibility index (Phi) is 5.34. The predicted octanol–water partition coefficient (Wildman–Crippen LogP) is 4.79. The van der Waals surface area contributed by atoms with Crippen LogP contribution in [0.1, 0.15) is 55.9 Å². The monoisotopic (exact) mass is 421 g/mol. The van der Waals surface area contributed by atoms with Crippen LogP contribution in [-0.2, 0) is 9.59 Å². The number of carbonyl (C=O) groups is 2. The first-order chi connectivity index (χ1) is 14.7. The van der Waals surface area contributed by atoms with Crippen molar-refractivity contribution in [3.05, 3.63) is 57.9 Å². The number of amides is 1. The lowest BCUT2D eigenvalue weighted by Gasteiger charge is -2.34. The van der Waals surface area contributed by atoms with Crippen molar-refractivity contribution >= 4 is 34.4 Å². The molecule has 5 rings (SSSR count). The molecule has 2 aliphatic carbocycles. The average Bonchev–Trinajstić information content (AvgIpc) is 3.42. The Labute approximate surface area is 181 Å². The highest BCUT2D eigenvalue weighted by atomic mass is 32.1. The smallest absolute Gasteiger partial charge is 0.239 e. The second-order valence-corrected chi connectivity index (χ2v) is 9.39. The molecule has 3 aliphatic rings. The molecular weight excluding hydrogens is 394 g/mol. The van der Waals surface area contributed by atoms with Crippen molar-refractivity contribution in [3.8, 4) is 0 Å². The summed E-state index contributed by atoms with van der Waals surface area (Å²) in [5.41, 5.74) is 3.77. The van der Waals surface area contributed by atoms with Crippen molar-refractivity contribution in [2.75, 3.05) is 16.8 Å². The Morgan fingerprint density at radius 1 is 1.10 bits per heavy atom. The fraction of sp³-hybridized carbons (Fsp3) is 0.417. The van der Waals surface area contributed by atoms with E-state index in [4.69, 9.17) is 0 Å². The number of anilines is 2. The number of allylic oxidation sites excluding steroid dienone is 1. The third kappa shape index (κ3) is 3.65. The summed E-state index contributed by atoms with van der Waals surface area (Å²) in [5.74, 6) is 0.224. The zero-order valence-corrected chi connectivity index (χ0v) is 17.8. The summed E-state index contributed by atoms with van der Waals surface area (Å²) in [6.45, 7) is 0.238. The van der Waals surface area contributed by atoms with E-state index < -0.39 is 0 Å². The molecule has 1 aliphatic heterocycles. The van der Waals surface area contributed by atoms with Gasteiger partial charge in [0.1, 0.15) is 0 Å². The van der Waals surface area contributed by atoms with E-state index >= 15 is 0 Å². The van der Waals surface area contributed by atoms with Gasteiger partial charge in [0, 0.05) is 28.6 Å². The Morgan fingerprint density at radius 2 is 1.93 bits per heavy atom. The molecular formula is C24H27N3O2S. The summed E-state index contributed by atoms with van der Waals surface area (Å²) in [6.07, 6.45) is 6.79. The third-order valence-electron chi connectivity index (χ3n) is 6.39. The maximum atomic E-state index is 13.1. The quantitative estimate of drug-likeness (QED) is 0.745. The summed E-state index contributed by atoms with van der Waals surface area (Å²) >= 11 is 1.65. The highest BCUT2D eigenvalue weighted by Crippen LogP contribution is 2.45. The molecule has 1 amide bonds. The van der Waals surface area contributed by atoms with Crippen LogP contribution in [0.5, 0.6) is 0 Å². The van der Waals surface area contributed by atoms with Crippen LogP contribution >= 0.6 is 11.3 Å². The van der Waals surface area contributed by atoms with Crippen molar-refractivity contribution in [2.45, 2.75) is 57.0 Å². The Balaban J connectivity index is 1.57. The van der Waals surface area contributed by atoms with Crippen molar-refractivity contribution in [1.29, 1.82) is 0 Å². The van der Waals surface area contributed by atoms with E-state index in [-0.39, 0.29) is 30.3 Å². The number of nitrogens with one attached hydrogen (secondary N) is 2. The number of nitrogens with zero attached hydrogens (tertiary/aromatic N) is 1. The Hall–Kier alpha value is -2.60. The largest absolute Gasteiger partial charge is 0.357 e. The molecule has 2 aromatic rings. The van der Waals surface area contributed by atoms with Crippen LogP contribution in [0, 0.1) is 0 Å². The lowest BCUT2D eigenvalue weighted by Crippen LogP contribution is -2.43. The minimum absolute atomic E-state index is 0.0329. The van der Waals surface area contributed by atoms with E-state index in [1.165, 1.54) is 12.8 Å². The molecule has 0 spiro atoms. The SMILES string of the molecule is O=C(CN1c2ccccc2NC2=C(C(=O)CCC2)[C@H]1c1cccs1)NC1CCCC1. The molecule has 1 saturated carbocycles. The summed E-state index contributed by atoms with van der Waals surface area (Å²) in [7, 11) is 0. The summed E-state index contributed by atoms with van der Waals surface area (Å²) in [6, 6.07) is 12.2. The van der Waals surface area contributed by atoms with Crippen molar-refractivity contribution in [3.63, 3.8) is 0 Å². The molecule has 1 fully saturated rings. The number of carbonyl (C=O) groups excluding carboxylic acids is 2. The number of Topliss-reactive ketones (excluding diaryl/α,β-unsaturated/α-hetero) is 1. The number of thiophene rings is 1. The summed E-state index contributed by atoms with van der Waals surface area (Å²) in [5, 5.41) is 8.82. The number of benzene rings is 1. The molecule has 0 radical (unpaired) electrons. The fourth-order valence-corrected chi connectivity index (χ4v) is 5.86. The lowest BCUT2D eigenvalue weighted by atomic mass is 9.88. The van der Waals surface area contributed by atoms with Gasteiger partial charge in [-0.1, -0.05) is 31.0 Å². The van der Waals surface area contributed by atoms with Gasteiger partial charge in [0.05, 0.1) is 24.0 Å². The second-order valence-electron chi connectivity index (χ2n) is 8.41. The summed E-state index contributed by atoms with van der Waals surface area (Å²) < 4.78 is 0. The first-order valence-electron chi connectivity index (χ1n) is 10.9. The average molecular weight is 422 g/mol. The van der Waals surface area contributed by atoms with Gasteiger partial charge in [-0.15, -0.1) is 11.3 Å². The number of ketones is 1. The van der Waals surface area contributed by atoms with Crippen LogP contribution in [0.2, 0.25) is 0 Å². The van der Waals surface area contributed by atoms with Crippen LogP contribution in [-0.4, -0.2) is 24.3 Å². The standard InChI is InChI=1S/C24H27N3O2S/c28-20-12-5-10-18-23(20)24(21-13-6-14-30-21)27(19-11-4-3-9-17(19)26-18)15-22(29)25-16-7-1-2-8-16/h3-4,6,9,11,13-14,16,24,26H,1-2,5,7-8,10,12,15H2,(H,25,29)/t24-/m1/s1. The number of para-hydroxylation sites is 2. The van der Waals surface area contributed by atoms with Gasteiger partial charge in [-0.05, 0) is 49.3 Å². The number of hydrogen-bond donors (Lipinski definition) is 2. The van der Waals surface area contributed by atoms with Crippen molar-refractivity contribution in [1.82, 2.24) is 5.32 Å². The molecule has 0 saturated heterocycles. The number of fused-ring (bicyclic) bond motifs is 1. The van der Waals surface area contributed by atoms with E-state index in [0.717, 1.165) is 53.2 Å². The lowest BCUT2D eigenvalue weighted by molar-refractivity contribution is -0.121.